The summed E-state index contributed by atoms with van der Waals surface area (Å²) in [5.41, 5.74) is -0.718. The van der Waals surface area contributed by atoms with E-state index in [4.69, 9.17) is 0 Å². The molecule has 2 fully saturated rings. The van der Waals surface area contributed by atoms with Gasteiger partial charge >= 0.3 is 5.97 Å². The Morgan fingerprint density at radius 2 is 1.80 bits per heavy atom. The molecule has 0 aromatic heterocycles. The van der Waals surface area contributed by atoms with Crippen LogP contribution in [0.1, 0.15) is 65.2 Å². The van der Waals surface area contributed by atoms with E-state index in [1.54, 1.807) is 0 Å². The fourth-order valence-corrected chi connectivity index (χ4v) is 4.14. The van der Waals surface area contributed by atoms with E-state index in [1.165, 1.54) is 25.7 Å². The summed E-state index contributed by atoms with van der Waals surface area (Å²) in [6.45, 7) is 4.07. The molecule has 0 heterocycles. The van der Waals surface area contributed by atoms with Gasteiger partial charge in [0, 0.05) is 18.1 Å². The van der Waals surface area contributed by atoms with Crippen LogP contribution in [0, 0.1) is 0 Å². The fourth-order valence-electron chi connectivity index (χ4n) is 4.14. The second kappa shape index (κ2) is 6.44. The van der Waals surface area contributed by atoms with Crippen LogP contribution < -0.4 is 5.32 Å². The lowest BCUT2D eigenvalue weighted by molar-refractivity contribution is -0.148. The van der Waals surface area contributed by atoms with Gasteiger partial charge in [0.05, 0.1) is 0 Å². The molecule has 2 aliphatic rings. The first kappa shape index (κ1) is 15.8. The summed E-state index contributed by atoms with van der Waals surface area (Å²) in [6, 6.07) is 1.29. The average molecular weight is 282 g/mol. The number of rotatable bonds is 5. The van der Waals surface area contributed by atoms with E-state index in [2.05, 4.69) is 17.3 Å². The van der Waals surface area contributed by atoms with Crippen LogP contribution in [0.15, 0.2) is 0 Å². The normalized spacial score (nSPS) is 32.1. The molecule has 4 heteroatoms. The highest BCUT2D eigenvalue weighted by Crippen LogP contribution is 2.34. The van der Waals surface area contributed by atoms with Crippen LogP contribution in [-0.2, 0) is 4.79 Å². The first-order valence-corrected chi connectivity index (χ1v) is 8.17. The van der Waals surface area contributed by atoms with Crippen molar-refractivity contribution < 1.29 is 9.90 Å². The topological polar surface area (TPSA) is 52.6 Å². The Bertz CT molecular complexity index is 339. The Balaban J connectivity index is 2.06. The van der Waals surface area contributed by atoms with Crippen molar-refractivity contribution in [3.63, 3.8) is 0 Å². The Hall–Kier alpha value is -0.610. The van der Waals surface area contributed by atoms with Crippen molar-refractivity contribution in [2.45, 2.75) is 88.9 Å². The van der Waals surface area contributed by atoms with Gasteiger partial charge in [-0.05, 0) is 59.4 Å². The van der Waals surface area contributed by atoms with E-state index >= 15 is 0 Å². The Morgan fingerprint density at radius 3 is 2.35 bits per heavy atom. The van der Waals surface area contributed by atoms with Crippen molar-refractivity contribution >= 4 is 5.97 Å². The van der Waals surface area contributed by atoms with Crippen molar-refractivity contribution in [1.82, 2.24) is 10.2 Å². The zero-order valence-electron chi connectivity index (χ0n) is 13.2. The van der Waals surface area contributed by atoms with Crippen LogP contribution in [0.2, 0.25) is 0 Å². The van der Waals surface area contributed by atoms with Gasteiger partial charge in [0.1, 0.15) is 5.54 Å². The summed E-state index contributed by atoms with van der Waals surface area (Å²) in [7, 11) is 2.20. The molecule has 2 aliphatic carbocycles. The molecule has 2 rings (SSSR count). The Kier molecular flexibility index (Phi) is 5.08. The number of nitrogens with one attached hydrogen (secondary N) is 1. The van der Waals surface area contributed by atoms with Gasteiger partial charge in [-0.1, -0.05) is 12.8 Å². The largest absolute Gasteiger partial charge is 0.480 e. The average Bonchev–Trinajstić information content (AvgIpc) is 2.91. The summed E-state index contributed by atoms with van der Waals surface area (Å²) in [5.74, 6) is -0.671. The van der Waals surface area contributed by atoms with Gasteiger partial charge in [-0.15, -0.1) is 0 Å². The fraction of sp³-hybridized carbons (Fsp3) is 0.938. The molecule has 2 atom stereocenters. The predicted molar refractivity (Wildman–Crippen MR) is 80.9 cm³/mol. The highest BCUT2D eigenvalue weighted by molar-refractivity contribution is 5.79. The highest BCUT2D eigenvalue weighted by Gasteiger charge is 2.44. The standard InChI is InChI=1S/C16H30N2O2/c1-12(2)17-16(15(19)20)10-6-9-14(11-16)18(3)13-7-4-5-8-13/h12-14,17H,4-11H2,1-3H3,(H,19,20). The van der Waals surface area contributed by atoms with Crippen molar-refractivity contribution in [2.75, 3.05) is 7.05 Å². The van der Waals surface area contributed by atoms with E-state index in [1.807, 2.05) is 13.8 Å². The predicted octanol–water partition coefficient (Wildman–Crippen LogP) is 2.62. The molecule has 0 aromatic carbocycles. The van der Waals surface area contributed by atoms with Gasteiger partial charge in [0.15, 0.2) is 0 Å². The van der Waals surface area contributed by atoms with Crippen molar-refractivity contribution in [3.05, 3.63) is 0 Å². The molecule has 4 nitrogen and oxygen atoms in total. The number of carboxylic acid groups (broad SMARTS) is 1. The number of nitrogens with zero attached hydrogens (tertiary/aromatic N) is 1. The van der Waals surface area contributed by atoms with Crippen molar-refractivity contribution in [2.24, 2.45) is 0 Å². The molecule has 2 saturated carbocycles. The summed E-state index contributed by atoms with van der Waals surface area (Å²) in [5, 5.41) is 13.1. The number of aliphatic carboxylic acids is 1. The minimum Gasteiger partial charge on any atom is -0.480 e. The second-order valence-electron chi connectivity index (χ2n) is 7.04. The monoisotopic (exact) mass is 282 g/mol. The van der Waals surface area contributed by atoms with Gasteiger partial charge in [-0.3, -0.25) is 10.1 Å². The van der Waals surface area contributed by atoms with Crippen molar-refractivity contribution in [3.8, 4) is 0 Å². The minimum absolute atomic E-state index is 0.210. The molecule has 0 saturated heterocycles. The second-order valence-corrected chi connectivity index (χ2v) is 7.04. The third kappa shape index (κ3) is 3.34. The quantitative estimate of drug-likeness (QED) is 0.814. The summed E-state index contributed by atoms with van der Waals surface area (Å²) in [4.78, 5) is 14.3. The molecule has 116 valence electrons. The molecule has 2 unspecified atom stereocenters. The lowest BCUT2D eigenvalue weighted by Crippen LogP contribution is -2.60. The van der Waals surface area contributed by atoms with E-state index in [9.17, 15) is 9.90 Å². The van der Waals surface area contributed by atoms with E-state index < -0.39 is 11.5 Å². The van der Waals surface area contributed by atoms with Gasteiger partial charge in [0.2, 0.25) is 0 Å². The molecule has 0 aliphatic heterocycles. The van der Waals surface area contributed by atoms with E-state index in [0.29, 0.717) is 12.1 Å². The van der Waals surface area contributed by atoms with Gasteiger partial charge in [-0.25, -0.2) is 0 Å². The molecular formula is C16H30N2O2. The lowest BCUT2D eigenvalue weighted by Gasteiger charge is -2.44. The van der Waals surface area contributed by atoms with Crippen LogP contribution in [-0.4, -0.2) is 46.7 Å². The number of carbonyl (C=O) groups is 1. The molecule has 0 bridgehead atoms. The third-order valence-electron chi connectivity index (χ3n) is 5.18. The highest BCUT2D eigenvalue weighted by atomic mass is 16.4. The zero-order chi connectivity index (χ0) is 14.8. The van der Waals surface area contributed by atoms with Crippen LogP contribution in [0.25, 0.3) is 0 Å². The van der Waals surface area contributed by atoms with Gasteiger partial charge < -0.3 is 10.0 Å². The number of hydrogen-bond acceptors (Lipinski definition) is 3. The maximum atomic E-state index is 11.8. The summed E-state index contributed by atoms with van der Waals surface area (Å²) in [6.07, 6.45) is 8.88. The van der Waals surface area contributed by atoms with E-state index in [-0.39, 0.29) is 6.04 Å². The van der Waals surface area contributed by atoms with Crippen LogP contribution in [0.3, 0.4) is 0 Å². The minimum atomic E-state index is -0.718. The summed E-state index contributed by atoms with van der Waals surface area (Å²) < 4.78 is 0. The Morgan fingerprint density at radius 1 is 1.20 bits per heavy atom. The molecule has 0 radical (unpaired) electrons. The van der Waals surface area contributed by atoms with Gasteiger partial charge in [-0.2, -0.15) is 0 Å². The molecule has 0 amide bonds. The lowest BCUT2D eigenvalue weighted by atomic mass is 9.77. The van der Waals surface area contributed by atoms with Crippen molar-refractivity contribution in [1.29, 1.82) is 0 Å². The zero-order valence-corrected chi connectivity index (χ0v) is 13.2. The molecular weight excluding hydrogens is 252 g/mol. The third-order valence-corrected chi connectivity index (χ3v) is 5.18. The number of hydrogen-bond donors (Lipinski definition) is 2. The van der Waals surface area contributed by atoms with Crippen LogP contribution in [0.5, 0.6) is 0 Å². The van der Waals surface area contributed by atoms with Gasteiger partial charge in [0.25, 0.3) is 0 Å². The first-order chi connectivity index (χ1) is 9.44. The maximum absolute atomic E-state index is 11.8. The molecule has 20 heavy (non-hydrogen) atoms. The molecule has 0 aromatic rings. The van der Waals surface area contributed by atoms with Crippen LogP contribution in [0.4, 0.5) is 0 Å². The number of carboxylic acids is 1. The smallest absolute Gasteiger partial charge is 0.323 e. The summed E-state index contributed by atoms with van der Waals surface area (Å²) >= 11 is 0. The maximum Gasteiger partial charge on any atom is 0.323 e. The SMILES string of the molecule is CC(C)NC1(C(=O)O)CCCC(N(C)C2CCCC2)C1. The molecule has 0 spiro atoms. The van der Waals surface area contributed by atoms with Crippen LogP contribution >= 0.6 is 0 Å². The first-order valence-electron chi connectivity index (χ1n) is 8.17. The Labute approximate surface area is 122 Å². The molecule has 2 N–H and O–H groups in total. The van der Waals surface area contributed by atoms with E-state index in [0.717, 1.165) is 25.7 Å².